The lowest BCUT2D eigenvalue weighted by Crippen LogP contribution is -2.30. The van der Waals surface area contributed by atoms with Gasteiger partial charge in [0.05, 0.1) is 27.6 Å². The fraction of sp³-hybridized carbons (Fsp3) is 0.0833. The number of aromatic amines is 1. The number of nitro groups is 1. The highest BCUT2D eigenvalue weighted by Crippen LogP contribution is 2.41. The lowest BCUT2D eigenvalue weighted by Gasteiger charge is -2.22. The van der Waals surface area contributed by atoms with E-state index in [1.165, 1.54) is 29.3 Å². The molecule has 2 aromatic carbocycles. The highest BCUT2D eigenvalue weighted by molar-refractivity contribution is 6.51. The van der Waals surface area contributed by atoms with Crippen LogP contribution in [-0.2, 0) is 9.59 Å². The SMILES string of the molecule is Cc1ccc2nc(N3C(=O)C(=O)/C(=C(/O)c4cccc([N+](=O)[O-])c4)C3c3cccnc3)[nH]c2c1. The molecule has 1 atom stereocenters. The third-order valence-electron chi connectivity index (χ3n) is 5.63. The van der Waals surface area contributed by atoms with E-state index in [1.807, 2.05) is 19.1 Å². The quantitative estimate of drug-likeness (QED) is 0.157. The zero-order valence-corrected chi connectivity index (χ0v) is 17.8. The summed E-state index contributed by atoms with van der Waals surface area (Å²) >= 11 is 0. The van der Waals surface area contributed by atoms with Crippen molar-refractivity contribution in [1.29, 1.82) is 0 Å². The van der Waals surface area contributed by atoms with Crippen LogP contribution in [0.5, 0.6) is 0 Å². The van der Waals surface area contributed by atoms with Gasteiger partial charge in [-0.25, -0.2) is 4.98 Å². The van der Waals surface area contributed by atoms with Crippen LogP contribution in [0, 0.1) is 17.0 Å². The van der Waals surface area contributed by atoms with Crippen LogP contribution in [0.2, 0.25) is 0 Å². The van der Waals surface area contributed by atoms with E-state index in [1.54, 1.807) is 24.4 Å². The molecule has 10 heteroatoms. The highest BCUT2D eigenvalue weighted by atomic mass is 16.6. The predicted octanol–water partition coefficient (Wildman–Crippen LogP) is 3.80. The first-order chi connectivity index (χ1) is 16.3. The number of aliphatic hydroxyl groups is 1. The van der Waals surface area contributed by atoms with Crippen LogP contribution < -0.4 is 4.90 Å². The van der Waals surface area contributed by atoms with Gasteiger partial charge in [-0.2, -0.15) is 0 Å². The number of imidazole rings is 1. The van der Waals surface area contributed by atoms with Crippen LogP contribution in [0.3, 0.4) is 0 Å². The number of hydrogen-bond donors (Lipinski definition) is 2. The smallest absolute Gasteiger partial charge is 0.302 e. The number of hydrogen-bond acceptors (Lipinski definition) is 7. The van der Waals surface area contributed by atoms with E-state index in [4.69, 9.17) is 0 Å². The Kier molecular flexibility index (Phi) is 4.90. The normalized spacial score (nSPS) is 17.4. The second-order valence-corrected chi connectivity index (χ2v) is 7.84. The number of amides is 1. The van der Waals surface area contributed by atoms with Crippen molar-refractivity contribution in [3.05, 3.63) is 99.4 Å². The molecule has 1 aliphatic rings. The van der Waals surface area contributed by atoms with Gasteiger partial charge in [-0.1, -0.05) is 24.3 Å². The fourth-order valence-electron chi connectivity index (χ4n) is 4.05. The summed E-state index contributed by atoms with van der Waals surface area (Å²) in [5.74, 6) is -2.22. The average Bonchev–Trinajstić information content (AvgIpc) is 3.37. The number of carbonyl (C=O) groups is 2. The molecule has 0 aliphatic carbocycles. The Morgan fingerprint density at radius 3 is 2.71 bits per heavy atom. The number of nitrogens with zero attached hydrogens (tertiary/aromatic N) is 4. The zero-order valence-electron chi connectivity index (χ0n) is 17.8. The number of non-ortho nitro benzene ring substituents is 1. The molecule has 1 unspecified atom stereocenters. The highest BCUT2D eigenvalue weighted by Gasteiger charge is 2.48. The maximum Gasteiger partial charge on any atom is 0.302 e. The van der Waals surface area contributed by atoms with Gasteiger partial charge in [0, 0.05) is 30.1 Å². The number of fused-ring (bicyclic) bond motifs is 1. The van der Waals surface area contributed by atoms with E-state index in [2.05, 4.69) is 15.0 Å². The molecule has 0 bridgehead atoms. The van der Waals surface area contributed by atoms with Crippen molar-refractivity contribution >= 4 is 40.1 Å². The average molecular weight is 455 g/mol. The maximum atomic E-state index is 13.2. The lowest BCUT2D eigenvalue weighted by molar-refractivity contribution is -0.384. The fourth-order valence-corrected chi connectivity index (χ4v) is 4.05. The summed E-state index contributed by atoms with van der Waals surface area (Å²) in [4.78, 5) is 49.8. The molecule has 2 aromatic heterocycles. The number of pyridine rings is 1. The van der Waals surface area contributed by atoms with E-state index in [9.17, 15) is 24.8 Å². The molecule has 3 heterocycles. The molecule has 1 aliphatic heterocycles. The first kappa shape index (κ1) is 21.0. The Labute approximate surface area is 192 Å². The van der Waals surface area contributed by atoms with Crippen LogP contribution in [0.25, 0.3) is 16.8 Å². The molecular formula is C24H17N5O5. The first-order valence-corrected chi connectivity index (χ1v) is 10.3. The van der Waals surface area contributed by atoms with E-state index in [0.717, 1.165) is 11.6 Å². The van der Waals surface area contributed by atoms with Crippen LogP contribution in [0.15, 0.2) is 72.6 Å². The Hall–Kier alpha value is -4.86. The van der Waals surface area contributed by atoms with Gasteiger partial charge in [0.25, 0.3) is 11.5 Å². The number of benzene rings is 2. The predicted molar refractivity (Wildman–Crippen MR) is 123 cm³/mol. The van der Waals surface area contributed by atoms with Crippen LogP contribution in [0.4, 0.5) is 11.6 Å². The van der Waals surface area contributed by atoms with Gasteiger partial charge in [0.15, 0.2) is 0 Å². The molecule has 0 radical (unpaired) electrons. The number of nitro benzene ring substituents is 1. The molecular weight excluding hydrogens is 438 g/mol. The topological polar surface area (TPSA) is 142 Å². The van der Waals surface area contributed by atoms with E-state index < -0.39 is 28.4 Å². The van der Waals surface area contributed by atoms with Crippen molar-refractivity contribution in [2.45, 2.75) is 13.0 Å². The lowest BCUT2D eigenvalue weighted by atomic mass is 9.96. The number of nitrogens with one attached hydrogen (secondary N) is 1. The molecule has 4 aromatic rings. The van der Waals surface area contributed by atoms with Gasteiger partial charge in [-0.05, 0) is 36.2 Å². The number of carbonyl (C=O) groups excluding carboxylic acids is 2. The minimum absolute atomic E-state index is 0.0429. The molecule has 34 heavy (non-hydrogen) atoms. The Morgan fingerprint density at radius 2 is 1.97 bits per heavy atom. The van der Waals surface area contributed by atoms with Gasteiger partial charge >= 0.3 is 5.91 Å². The van der Waals surface area contributed by atoms with Gasteiger partial charge in [-0.15, -0.1) is 0 Å². The summed E-state index contributed by atoms with van der Waals surface area (Å²) in [6.07, 6.45) is 3.03. The largest absolute Gasteiger partial charge is 0.507 e. The number of rotatable bonds is 4. The van der Waals surface area contributed by atoms with Crippen molar-refractivity contribution in [2.24, 2.45) is 0 Å². The summed E-state index contributed by atoms with van der Waals surface area (Å²) in [5, 5.41) is 22.3. The number of aryl methyl sites for hydroxylation is 1. The first-order valence-electron chi connectivity index (χ1n) is 10.3. The van der Waals surface area contributed by atoms with Gasteiger partial charge < -0.3 is 10.1 Å². The second kappa shape index (κ2) is 7.93. The number of aliphatic hydroxyl groups excluding tert-OH is 1. The van der Waals surface area contributed by atoms with Crippen molar-refractivity contribution < 1.29 is 19.6 Å². The molecule has 2 N–H and O–H groups in total. The van der Waals surface area contributed by atoms with Crippen molar-refractivity contribution in [1.82, 2.24) is 15.0 Å². The number of aromatic nitrogens is 3. The summed E-state index contributed by atoms with van der Waals surface area (Å²) in [7, 11) is 0. The molecule has 0 saturated carbocycles. The van der Waals surface area contributed by atoms with Crippen molar-refractivity contribution in [3.8, 4) is 0 Å². The molecule has 168 valence electrons. The van der Waals surface area contributed by atoms with Gasteiger partial charge in [-0.3, -0.25) is 29.6 Å². The summed E-state index contributed by atoms with van der Waals surface area (Å²) in [6.45, 7) is 1.92. The number of anilines is 1. The summed E-state index contributed by atoms with van der Waals surface area (Å²) in [5.41, 5.74) is 2.30. The molecule has 10 nitrogen and oxygen atoms in total. The molecule has 5 rings (SSSR count). The number of ketones is 1. The van der Waals surface area contributed by atoms with E-state index in [-0.39, 0.29) is 22.8 Å². The number of H-pyrrole nitrogens is 1. The third kappa shape index (κ3) is 3.37. The van der Waals surface area contributed by atoms with Gasteiger partial charge in [0.2, 0.25) is 5.95 Å². The van der Waals surface area contributed by atoms with Crippen molar-refractivity contribution in [2.75, 3.05) is 4.90 Å². The zero-order chi connectivity index (χ0) is 24.0. The summed E-state index contributed by atoms with van der Waals surface area (Å²) < 4.78 is 0. The van der Waals surface area contributed by atoms with Crippen molar-refractivity contribution in [3.63, 3.8) is 0 Å². The standard InChI is InChI=1S/C24H17N5O5/c1-13-7-8-17-18(10-13)27-24(26-17)28-20(15-5-3-9-25-12-15)19(22(31)23(28)32)21(30)14-4-2-6-16(11-14)29(33)34/h2-12,20,30H,1H3,(H,26,27)/b21-19+. The molecule has 1 fully saturated rings. The van der Waals surface area contributed by atoms with E-state index in [0.29, 0.717) is 16.6 Å². The molecule has 0 spiro atoms. The van der Waals surface area contributed by atoms with Crippen LogP contribution >= 0.6 is 0 Å². The van der Waals surface area contributed by atoms with Crippen LogP contribution in [-0.4, -0.2) is 36.7 Å². The van der Waals surface area contributed by atoms with Gasteiger partial charge in [0.1, 0.15) is 5.76 Å². The third-order valence-corrected chi connectivity index (χ3v) is 5.63. The minimum atomic E-state index is -1.05. The monoisotopic (exact) mass is 455 g/mol. The van der Waals surface area contributed by atoms with E-state index >= 15 is 0 Å². The molecule has 1 saturated heterocycles. The maximum absolute atomic E-state index is 13.2. The Bertz CT molecular complexity index is 1510. The summed E-state index contributed by atoms with van der Waals surface area (Å²) in [6, 6.07) is 13.0. The second-order valence-electron chi connectivity index (χ2n) is 7.84. The Morgan fingerprint density at radius 1 is 1.15 bits per heavy atom. The minimum Gasteiger partial charge on any atom is -0.507 e. The molecule has 1 amide bonds. The van der Waals surface area contributed by atoms with Crippen LogP contribution in [0.1, 0.15) is 22.7 Å². The Balaban J connectivity index is 1.72. The number of Topliss-reactive ketones (excluding diaryl/α,β-unsaturated/α-hetero) is 1.